The van der Waals surface area contributed by atoms with Crippen LogP contribution < -0.4 is 4.74 Å². The number of hydrogen-bond acceptors (Lipinski definition) is 3. The van der Waals surface area contributed by atoms with E-state index in [2.05, 4.69) is 18.7 Å². The molecule has 0 bridgehead atoms. The van der Waals surface area contributed by atoms with Crippen LogP contribution in [0.5, 0.6) is 5.75 Å². The van der Waals surface area contributed by atoms with Crippen LogP contribution in [0.15, 0.2) is 18.2 Å². The lowest BCUT2D eigenvalue weighted by molar-refractivity contribution is 0.0589. The van der Waals surface area contributed by atoms with Gasteiger partial charge in [0.25, 0.3) is 5.91 Å². The Balaban J connectivity index is 1.62. The summed E-state index contributed by atoms with van der Waals surface area (Å²) in [5.74, 6) is 1.36. The number of piperidine rings is 2. The number of carbonyl (C=O) groups excluding carboxylic acids is 1. The third-order valence-electron chi connectivity index (χ3n) is 5.76. The summed E-state index contributed by atoms with van der Waals surface area (Å²) in [5, 5.41) is 0. The molecule has 0 unspecified atom stereocenters. The summed E-state index contributed by atoms with van der Waals surface area (Å²) >= 11 is 0. The van der Waals surface area contributed by atoms with Crippen molar-refractivity contribution in [2.24, 2.45) is 0 Å². The number of methoxy groups -OCH3 is 1. The zero-order valence-electron chi connectivity index (χ0n) is 16.0. The molecule has 0 atom stereocenters. The van der Waals surface area contributed by atoms with Crippen LogP contribution in [0, 0.1) is 0 Å². The first-order valence-electron chi connectivity index (χ1n) is 9.81. The van der Waals surface area contributed by atoms with Crippen LogP contribution in [0.3, 0.4) is 0 Å². The van der Waals surface area contributed by atoms with E-state index in [1.54, 1.807) is 7.11 Å². The van der Waals surface area contributed by atoms with Crippen molar-refractivity contribution in [2.75, 3.05) is 33.3 Å². The van der Waals surface area contributed by atoms with Gasteiger partial charge in [0, 0.05) is 24.7 Å². The molecule has 0 spiro atoms. The maximum Gasteiger partial charge on any atom is 0.253 e. The lowest BCUT2D eigenvalue weighted by Crippen LogP contribution is -2.48. The molecule has 2 saturated heterocycles. The Bertz CT molecular complexity index is 586. The molecule has 25 heavy (non-hydrogen) atoms. The largest absolute Gasteiger partial charge is 0.496 e. The van der Waals surface area contributed by atoms with Crippen LogP contribution in [0.25, 0.3) is 0 Å². The Morgan fingerprint density at radius 2 is 1.76 bits per heavy atom. The summed E-state index contributed by atoms with van der Waals surface area (Å²) in [6.45, 7) is 8.51. The second kappa shape index (κ2) is 8.22. The summed E-state index contributed by atoms with van der Waals surface area (Å²) in [7, 11) is 1.68. The summed E-state index contributed by atoms with van der Waals surface area (Å²) in [4.78, 5) is 17.6. The number of hydrogen-bond donors (Lipinski definition) is 0. The molecule has 3 rings (SSSR count). The van der Waals surface area contributed by atoms with Crippen molar-refractivity contribution in [1.82, 2.24) is 9.80 Å². The fourth-order valence-electron chi connectivity index (χ4n) is 4.22. The van der Waals surface area contributed by atoms with E-state index < -0.39 is 0 Å². The molecule has 0 N–H and O–H groups in total. The molecule has 0 aromatic heterocycles. The van der Waals surface area contributed by atoms with Crippen molar-refractivity contribution in [2.45, 2.75) is 57.9 Å². The van der Waals surface area contributed by atoms with Crippen molar-refractivity contribution >= 4 is 5.91 Å². The minimum atomic E-state index is 0.144. The number of rotatable bonds is 4. The normalized spacial score (nSPS) is 20.1. The van der Waals surface area contributed by atoms with Crippen LogP contribution in [0.2, 0.25) is 0 Å². The van der Waals surface area contributed by atoms with Gasteiger partial charge in [0.15, 0.2) is 0 Å². The Morgan fingerprint density at radius 3 is 2.36 bits per heavy atom. The quantitative estimate of drug-likeness (QED) is 0.830. The molecule has 2 aliphatic heterocycles. The first-order valence-corrected chi connectivity index (χ1v) is 9.81. The number of ether oxygens (including phenoxy) is 1. The molecule has 2 heterocycles. The van der Waals surface area contributed by atoms with E-state index in [0.717, 1.165) is 42.8 Å². The minimum absolute atomic E-state index is 0.144. The lowest BCUT2D eigenvalue weighted by atomic mass is 9.98. The van der Waals surface area contributed by atoms with Crippen molar-refractivity contribution in [3.63, 3.8) is 0 Å². The van der Waals surface area contributed by atoms with Gasteiger partial charge in [0.1, 0.15) is 5.75 Å². The number of benzene rings is 1. The summed E-state index contributed by atoms with van der Waals surface area (Å²) in [6.07, 6.45) is 6.25. The Kier molecular flexibility index (Phi) is 6.00. The smallest absolute Gasteiger partial charge is 0.253 e. The average Bonchev–Trinajstić information content (AvgIpc) is 2.67. The molecular weight excluding hydrogens is 312 g/mol. The van der Waals surface area contributed by atoms with Crippen LogP contribution >= 0.6 is 0 Å². The molecule has 0 radical (unpaired) electrons. The molecule has 4 nitrogen and oxygen atoms in total. The van der Waals surface area contributed by atoms with Crippen LogP contribution in [-0.4, -0.2) is 55.0 Å². The van der Waals surface area contributed by atoms with E-state index in [1.807, 2.05) is 23.1 Å². The number of likely N-dealkylation sites (tertiary alicyclic amines) is 2. The van der Waals surface area contributed by atoms with E-state index in [-0.39, 0.29) is 5.91 Å². The highest BCUT2D eigenvalue weighted by Crippen LogP contribution is 2.28. The Morgan fingerprint density at radius 1 is 1.08 bits per heavy atom. The van der Waals surface area contributed by atoms with Gasteiger partial charge < -0.3 is 14.5 Å². The average molecular weight is 344 g/mol. The van der Waals surface area contributed by atoms with Gasteiger partial charge in [-0.05, 0) is 62.4 Å². The zero-order chi connectivity index (χ0) is 17.8. The molecule has 2 fully saturated rings. The highest BCUT2D eigenvalue weighted by atomic mass is 16.5. The van der Waals surface area contributed by atoms with Crippen LogP contribution in [0.4, 0.5) is 0 Å². The molecule has 4 heteroatoms. The number of carbonyl (C=O) groups is 1. The number of amides is 1. The molecule has 2 aliphatic rings. The zero-order valence-corrected chi connectivity index (χ0v) is 16.0. The van der Waals surface area contributed by atoms with E-state index in [4.69, 9.17) is 4.74 Å². The fourth-order valence-corrected chi connectivity index (χ4v) is 4.22. The van der Waals surface area contributed by atoms with Gasteiger partial charge >= 0.3 is 0 Å². The van der Waals surface area contributed by atoms with Gasteiger partial charge in [-0.2, -0.15) is 0 Å². The Hall–Kier alpha value is -1.55. The molecular formula is C21H32N2O2. The van der Waals surface area contributed by atoms with Gasteiger partial charge in [-0.3, -0.25) is 4.79 Å². The topological polar surface area (TPSA) is 32.8 Å². The standard InChI is InChI=1S/C21H32N2O2/c1-16(2)19-8-7-17(15-20(19)25-3)21(24)23-13-9-18(10-14-23)22-11-5-4-6-12-22/h7-8,15-16,18H,4-6,9-14H2,1-3H3. The molecule has 138 valence electrons. The molecule has 1 aromatic carbocycles. The first kappa shape index (κ1) is 18.2. The Labute approximate surface area is 152 Å². The van der Waals surface area contributed by atoms with Gasteiger partial charge in [-0.1, -0.05) is 26.3 Å². The molecule has 0 saturated carbocycles. The summed E-state index contributed by atoms with van der Waals surface area (Å²) in [6, 6.07) is 6.57. The van der Waals surface area contributed by atoms with Gasteiger partial charge in [-0.25, -0.2) is 0 Å². The van der Waals surface area contributed by atoms with E-state index in [0.29, 0.717) is 12.0 Å². The van der Waals surface area contributed by atoms with Crippen molar-refractivity contribution in [3.05, 3.63) is 29.3 Å². The second-order valence-corrected chi connectivity index (χ2v) is 7.73. The third-order valence-corrected chi connectivity index (χ3v) is 5.76. The highest BCUT2D eigenvalue weighted by molar-refractivity contribution is 5.94. The van der Waals surface area contributed by atoms with E-state index in [9.17, 15) is 4.79 Å². The highest BCUT2D eigenvalue weighted by Gasteiger charge is 2.28. The lowest BCUT2D eigenvalue weighted by Gasteiger charge is -2.40. The predicted octanol–water partition coefficient (Wildman–Crippen LogP) is 3.91. The fraction of sp³-hybridized carbons (Fsp3) is 0.667. The van der Waals surface area contributed by atoms with Crippen LogP contribution in [0.1, 0.15) is 67.8 Å². The van der Waals surface area contributed by atoms with Gasteiger partial charge in [0.2, 0.25) is 0 Å². The molecule has 0 aliphatic carbocycles. The predicted molar refractivity (Wildman–Crippen MR) is 101 cm³/mol. The maximum atomic E-state index is 12.9. The van der Waals surface area contributed by atoms with Crippen molar-refractivity contribution in [3.8, 4) is 5.75 Å². The van der Waals surface area contributed by atoms with Crippen molar-refractivity contribution < 1.29 is 9.53 Å². The van der Waals surface area contributed by atoms with Crippen molar-refractivity contribution in [1.29, 1.82) is 0 Å². The van der Waals surface area contributed by atoms with E-state index in [1.165, 1.54) is 32.4 Å². The molecule has 1 aromatic rings. The minimum Gasteiger partial charge on any atom is -0.496 e. The van der Waals surface area contributed by atoms with Gasteiger partial charge in [-0.15, -0.1) is 0 Å². The molecule has 1 amide bonds. The summed E-state index contributed by atoms with van der Waals surface area (Å²) in [5.41, 5.74) is 1.90. The SMILES string of the molecule is COc1cc(C(=O)N2CCC(N3CCCCC3)CC2)ccc1C(C)C. The third kappa shape index (κ3) is 4.17. The monoisotopic (exact) mass is 344 g/mol. The van der Waals surface area contributed by atoms with E-state index >= 15 is 0 Å². The second-order valence-electron chi connectivity index (χ2n) is 7.73. The number of nitrogens with zero attached hydrogens (tertiary/aromatic N) is 2. The maximum absolute atomic E-state index is 12.9. The summed E-state index contributed by atoms with van der Waals surface area (Å²) < 4.78 is 5.50. The first-order chi connectivity index (χ1) is 12.1. The van der Waals surface area contributed by atoms with Gasteiger partial charge in [0.05, 0.1) is 7.11 Å². The van der Waals surface area contributed by atoms with Crippen LogP contribution in [-0.2, 0) is 0 Å².